The Bertz CT molecular complexity index is 1820. The van der Waals surface area contributed by atoms with Crippen LogP contribution in [0, 0.1) is 27.7 Å². The molecule has 2 aliphatic carbocycles. The van der Waals surface area contributed by atoms with Gasteiger partial charge in [-0.2, -0.15) is 0 Å². The Morgan fingerprint density at radius 1 is 0.561 bits per heavy atom. The summed E-state index contributed by atoms with van der Waals surface area (Å²) in [5.74, 6) is 0. The zero-order chi connectivity index (χ0) is 29.5. The van der Waals surface area contributed by atoms with E-state index >= 15 is 0 Å². The van der Waals surface area contributed by atoms with Gasteiger partial charge in [0.1, 0.15) is 0 Å². The van der Waals surface area contributed by atoms with Crippen LogP contribution in [0.25, 0.3) is 34.4 Å². The van der Waals surface area contributed by atoms with E-state index in [-0.39, 0.29) is 0 Å². The molecule has 0 N–H and O–H groups in total. The van der Waals surface area contributed by atoms with Gasteiger partial charge in [-0.05, 0) is 0 Å². The van der Waals surface area contributed by atoms with Gasteiger partial charge >= 0.3 is 243 Å². The van der Waals surface area contributed by atoms with E-state index in [9.17, 15) is 0 Å². The summed E-state index contributed by atoms with van der Waals surface area (Å²) >= 11 is -5.10. The number of benzene rings is 4. The first kappa shape index (κ1) is 28.2. The SMILES string of the molecule is [CH2]=[Hf]([CH3])([CH3])([CH3])([CH2]C)([CH]1C=Cc2c(-c3cccc(C)c3C)cccc21)[CH]1C=Cc2c(-c3cccc(C)c3C)cccc21. The van der Waals surface area contributed by atoms with Crippen LogP contribution in [-0.4, -0.2) is 4.26 Å². The first-order valence-electron chi connectivity index (χ1n) is 15.5. The van der Waals surface area contributed by atoms with Gasteiger partial charge in [-0.1, -0.05) is 0 Å². The van der Waals surface area contributed by atoms with E-state index < -0.39 is 15.1 Å². The van der Waals surface area contributed by atoms with Crippen LogP contribution >= 0.6 is 0 Å². The number of allylic oxidation sites excluding steroid dienone is 2. The van der Waals surface area contributed by atoms with Crippen molar-refractivity contribution in [2.75, 3.05) is 0 Å². The van der Waals surface area contributed by atoms with E-state index in [1.54, 1.807) is 0 Å². The summed E-state index contributed by atoms with van der Waals surface area (Å²) in [5.41, 5.74) is 16.5. The van der Waals surface area contributed by atoms with Crippen LogP contribution in [0.1, 0.15) is 58.8 Å². The molecular weight excluding hydrogens is 659 g/mol. The van der Waals surface area contributed by atoms with Crippen LogP contribution < -0.4 is 0 Å². The molecule has 0 aliphatic heterocycles. The molecule has 0 amide bonds. The van der Waals surface area contributed by atoms with E-state index in [4.69, 9.17) is 4.26 Å². The van der Waals surface area contributed by atoms with Crippen LogP contribution in [0.3, 0.4) is 0 Å². The fourth-order valence-electron chi connectivity index (χ4n) is 8.37. The van der Waals surface area contributed by atoms with Gasteiger partial charge in [-0.15, -0.1) is 0 Å². The molecule has 0 bridgehead atoms. The van der Waals surface area contributed by atoms with Crippen molar-refractivity contribution < 1.29 is 15.1 Å². The molecule has 0 saturated carbocycles. The quantitative estimate of drug-likeness (QED) is 0.181. The predicted octanol–water partition coefficient (Wildman–Crippen LogP) is 11.9. The van der Waals surface area contributed by atoms with Gasteiger partial charge in [-0.25, -0.2) is 0 Å². The van der Waals surface area contributed by atoms with E-state index in [0.29, 0.717) is 7.35 Å². The first-order chi connectivity index (χ1) is 19.1. The van der Waals surface area contributed by atoms with Crippen molar-refractivity contribution in [2.24, 2.45) is 0 Å². The van der Waals surface area contributed by atoms with Crippen LogP contribution in [0.15, 0.2) is 84.9 Å². The van der Waals surface area contributed by atoms with Crippen molar-refractivity contribution in [3.8, 4) is 22.3 Å². The number of fused-ring (bicyclic) bond motifs is 2. The Morgan fingerprint density at radius 2 is 0.927 bits per heavy atom. The van der Waals surface area contributed by atoms with Gasteiger partial charge in [0.25, 0.3) is 0 Å². The van der Waals surface area contributed by atoms with Crippen LogP contribution in [-0.2, 0) is 15.1 Å². The monoisotopic (exact) mass is 706 g/mol. The van der Waals surface area contributed by atoms with E-state index in [2.05, 4.69) is 146 Å². The number of rotatable bonds is 5. The molecule has 0 saturated heterocycles. The van der Waals surface area contributed by atoms with Crippen LogP contribution in [0.4, 0.5) is 0 Å². The summed E-state index contributed by atoms with van der Waals surface area (Å²) in [7, 11) is 0. The van der Waals surface area contributed by atoms with Crippen LogP contribution in [0.2, 0.25) is 18.2 Å². The molecule has 0 nitrogen and oxygen atoms in total. The van der Waals surface area contributed by atoms with Gasteiger partial charge in [-0.3, -0.25) is 0 Å². The molecule has 6 rings (SSSR count). The third-order valence-electron chi connectivity index (χ3n) is 12.5. The molecule has 0 heterocycles. The predicted molar refractivity (Wildman–Crippen MR) is 181 cm³/mol. The summed E-state index contributed by atoms with van der Waals surface area (Å²) < 4.78 is 15.3. The normalized spacial score (nSPS) is 20.1. The second kappa shape index (κ2) is 8.13. The van der Waals surface area contributed by atoms with E-state index in [0.717, 1.165) is 4.18 Å². The van der Waals surface area contributed by atoms with E-state index in [1.807, 2.05) is 0 Å². The molecule has 2 atom stereocenters. The maximum absolute atomic E-state index is 5.61. The van der Waals surface area contributed by atoms with Gasteiger partial charge in [0.15, 0.2) is 0 Å². The molecule has 2 aliphatic rings. The molecule has 4 aromatic rings. The molecule has 1 heteroatoms. The molecule has 210 valence electrons. The van der Waals surface area contributed by atoms with Crippen LogP contribution in [0.5, 0.6) is 0 Å². The first-order valence-corrected chi connectivity index (χ1v) is 35.5. The minimum absolute atomic E-state index is 0.300. The van der Waals surface area contributed by atoms with Gasteiger partial charge in [0.2, 0.25) is 0 Å². The van der Waals surface area contributed by atoms with Crippen molar-refractivity contribution in [3.05, 3.63) is 129 Å². The molecule has 0 spiro atoms. The Hall–Kier alpha value is -2.90. The summed E-state index contributed by atoms with van der Waals surface area (Å²) in [6.07, 6.45) is 9.94. The zero-order valence-corrected chi connectivity index (χ0v) is 29.9. The Morgan fingerprint density at radius 3 is 1.32 bits per heavy atom. The standard InChI is InChI=1S/2C17H15.C2H5.3CH3.CH2.Hf/c2*1-12-6-3-9-15(13(12)2)17-11-5-8-14-7-4-10-16(14)17;1-2;;;;;/h2*3-11H,1-2H3;1H2,2H3;3*1H3;1H2;. The zero-order valence-electron chi connectivity index (χ0n) is 26.3. The van der Waals surface area contributed by atoms with Crippen molar-refractivity contribution >= 4 is 16.4 Å². The molecule has 0 radical (unpaired) electrons. The average Bonchev–Trinajstić information content (AvgIpc) is 3.59. The molecule has 4 aromatic carbocycles. The average molecular weight is 705 g/mol. The fraction of sp³-hybridized carbons (Fsp3) is 0.275. The van der Waals surface area contributed by atoms with Crippen molar-refractivity contribution in [2.45, 2.75) is 60.2 Å². The Balaban J connectivity index is 1.57. The van der Waals surface area contributed by atoms with Crippen molar-refractivity contribution in [1.82, 2.24) is 0 Å². The van der Waals surface area contributed by atoms with Gasteiger partial charge in [0, 0.05) is 0 Å². The molecule has 0 fully saturated rings. The maximum atomic E-state index is 5.61. The molecule has 2 unspecified atom stereocenters. The molecular formula is C40H46Hf. The fourth-order valence-corrected chi connectivity index (χ4v) is 33.5. The third-order valence-corrected chi connectivity index (χ3v) is 50.8. The summed E-state index contributed by atoms with van der Waals surface area (Å²) in [6, 6.07) is 27.4. The Kier molecular flexibility index (Phi) is 5.60. The summed E-state index contributed by atoms with van der Waals surface area (Å²) in [6.45, 7) is 11.4. The van der Waals surface area contributed by atoms with Crippen molar-refractivity contribution in [1.29, 1.82) is 0 Å². The van der Waals surface area contributed by atoms with E-state index in [1.165, 1.54) is 66.8 Å². The Labute approximate surface area is 242 Å². The molecule has 41 heavy (non-hydrogen) atoms. The number of hydrogen-bond acceptors (Lipinski definition) is 0. The van der Waals surface area contributed by atoms with Crippen molar-refractivity contribution in [3.63, 3.8) is 0 Å². The summed E-state index contributed by atoms with van der Waals surface area (Å²) in [5, 5.41) is 0. The van der Waals surface area contributed by atoms with Gasteiger partial charge < -0.3 is 0 Å². The van der Waals surface area contributed by atoms with Gasteiger partial charge in [0.05, 0.1) is 0 Å². The minimum atomic E-state index is -5.10. The second-order valence-corrected chi connectivity index (χ2v) is 71.1. The number of hydrogen-bond donors (Lipinski definition) is 0. The number of aryl methyl sites for hydroxylation is 2. The second-order valence-electron chi connectivity index (χ2n) is 16.7. The summed E-state index contributed by atoms with van der Waals surface area (Å²) in [4.78, 5) is 0. The third kappa shape index (κ3) is 3.84. The molecule has 0 aromatic heterocycles. The topological polar surface area (TPSA) is 0 Å².